The molecule has 0 radical (unpaired) electrons. The number of morpholine rings is 1. The molecule has 3 rings (SSSR count). The maximum Gasteiger partial charge on any atom is 0.338 e. The van der Waals surface area contributed by atoms with E-state index in [0.717, 1.165) is 15.7 Å². The van der Waals surface area contributed by atoms with E-state index >= 15 is 0 Å². The number of esters is 1. The molecule has 1 unspecified atom stereocenters. The quantitative estimate of drug-likeness (QED) is 0.708. The lowest BCUT2D eigenvalue weighted by atomic mass is 9.82. The Morgan fingerprint density at radius 1 is 1.43 bits per heavy atom. The van der Waals surface area contributed by atoms with Crippen LogP contribution in [0, 0.1) is 11.3 Å². The van der Waals surface area contributed by atoms with Crippen LogP contribution in [0.5, 0.6) is 0 Å². The predicted octanol–water partition coefficient (Wildman–Crippen LogP) is 2.93. The number of halogens is 1. The van der Waals surface area contributed by atoms with Gasteiger partial charge < -0.3 is 24.8 Å². The van der Waals surface area contributed by atoms with E-state index in [0.29, 0.717) is 37.6 Å². The number of anilines is 1. The van der Waals surface area contributed by atoms with Gasteiger partial charge in [0.1, 0.15) is 17.4 Å². The molecule has 1 aromatic rings. The Bertz CT molecular complexity index is 882. The van der Waals surface area contributed by atoms with E-state index in [1.165, 1.54) is 0 Å². The van der Waals surface area contributed by atoms with E-state index in [4.69, 9.17) is 19.9 Å². The summed E-state index contributed by atoms with van der Waals surface area (Å²) in [6, 6.07) is 7.90. The van der Waals surface area contributed by atoms with E-state index in [1.807, 2.05) is 18.2 Å². The van der Waals surface area contributed by atoms with Crippen molar-refractivity contribution in [3.8, 4) is 6.07 Å². The van der Waals surface area contributed by atoms with Crippen LogP contribution in [-0.2, 0) is 19.0 Å². The van der Waals surface area contributed by atoms with Gasteiger partial charge in [-0.3, -0.25) is 0 Å². The monoisotopic (exact) mass is 447 g/mol. The lowest BCUT2D eigenvalue weighted by Crippen LogP contribution is -2.37. The van der Waals surface area contributed by atoms with Gasteiger partial charge in [0.25, 0.3) is 0 Å². The average molecular weight is 448 g/mol. The second-order valence-corrected chi connectivity index (χ2v) is 7.33. The van der Waals surface area contributed by atoms with E-state index in [9.17, 15) is 10.1 Å². The van der Waals surface area contributed by atoms with Crippen molar-refractivity contribution in [2.45, 2.75) is 19.8 Å². The number of rotatable bonds is 4. The largest absolute Gasteiger partial charge is 0.463 e. The zero-order valence-electron chi connectivity index (χ0n) is 15.8. The second kappa shape index (κ2) is 8.67. The van der Waals surface area contributed by atoms with Crippen LogP contribution in [-0.4, -0.2) is 38.9 Å². The zero-order valence-corrected chi connectivity index (χ0v) is 17.4. The first-order valence-electron chi connectivity index (χ1n) is 9.05. The van der Waals surface area contributed by atoms with Crippen LogP contribution in [0.15, 0.2) is 45.5 Å². The van der Waals surface area contributed by atoms with Gasteiger partial charge in [0.15, 0.2) is 0 Å². The van der Waals surface area contributed by atoms with Crippen LogP contribution in [0.4, 0.5) is 5.69 Å². The highest BCUT2D eigenvalue weighted by Gasteiger charge is 2.38. The summed E-state index contributed by atoms with van der Waals surface area (Å²) in [6.45, 7) is 6.27. The van der Waals surface area contributed by atoms with Crippen LogP contribution in [0.25, 0.3) is 0 Å². The fourth-order valence-corrected chi connectivity index (χ4v) is 3.85. The normalized spacial score (nSPS) is 19.9. The average Bonchev–Trinajstić information content (AvgIpc) is 2.68. The molecule has 1 atom stereocenters. The molecule has 148 valence electrons. The van der Waals surface area contributed by atoms with Gasteiger partial charge in [-0.2, -0.15) is 5.26 Å². The Morgan fingerprint density at radius 2 is 2.14 bits per heavy atom. The van der Waals surface area contributed by atoms with Crippen molar-refractivity contribution in [2.75, 3.05) is 37.8 Å². The first kappa shape index (κ1) is 20.2. The van der Waals surface area contributed by atoms with Gasteiger partial charge in [-0.25, -0.2) is 4.79 Å². The molecule has 2 N–H and O–H groups in total. The highest BCUT2D eigenvalue weighted by Crippen LogP contribution is 2.44. The number of benzene rings is 1. The molecule has 1 fully saturated rings. The summed E-state index contributed by atoms with van der Waals surface area (Å²) >= 11 is 3.52. The minimum Gasteiger partial charge on any atom is -0.463 e. The van der Waals surface area contributed by atoms with Gasteiger partial charge in [-0.05, 0) is 31.5 Å². The Kier molecular flexibility index (Phi) is 6.27. The van der Waals surface area contributed by atoms with Crippen LogP contribution >= 0.6 is 15.9 Å². The molecular weight excluding hydrogens is 426 g/mol. The van der Waals surface area contributed by atoms with Crippen molar-refractivity contribution in [3.63, 3.8) is 0 Å². The molecule has 0 aliphatic carbocycles. The molecule has 8 heteroatoms. The molecule has 0 spiro atoms. The third kappa shape index (κ3) is 3.86. The van der Waals surface area contributed by atoms with Crippen molar-refractivity contribution < 1.29 is 19.0 Å². The molecular formula is C20H22BrN3O4. The molecule has 2 aliphatic rings. The molecule has 0 bridgehead atoms. The second-order valence-electron chi connectivity index (χ2n) is 6.42. The summed E-state index contributed by atoms with van der Waals surface area (Å²) < 4.78 is 17.1. The molecule has 0 saturated carbocycles. The number of hydrogen-bond donors (Lipinski definition) is 1. The van der Waals surface area contributed by atoms with Crippen LogP contribution < -0.4 is 10.6 Å². The summed E-state index contributed by atoms with van der Waals surface area (Å²) in [4.78, 5) is 14.9. The molecule has 28 heavy (non-hydrogen) atoms. The minimum atomic E-state index is -0.663. The number of allylic oxidation sites excluding steroid dienone is 2. The first-order chi connectivity index (χ1) is 13.5. The van der Waals surface area contributed by atoms with Gasteiger partial charge >= 0.3 is 5.97 Å². The van der Waals surface area contributed by atoms with E-state index in [-0.39, 0.29) is 18.1 Å². The van der Waals surface area contributed by atoms with E-state index in [2.05, 4.69) is 26.9 Å². The van der Waals surface area contributed by atoms with Gasteiger partial charge in [0.05, 0.1) is 31.3 Å². The predicted molar refractivity (Wildman–Crippen MR) is 107 cm³/mol. The summed E-state index contributed by atoms with van der Waals surface area (Å²) in [5.74, 6) is -0.825. The third-order valence-electron chi connectivity index (χ3n) is 4.76. The fraction of sp³-hybridized carbons (Fsp3) is 0.400. The summed E-state index contributed by atoms with van der Waals surface area (Å²) in [5, 5.41) is 9.78. The third-order valence-corrected chi connectivity index (χ3v) is 5.25. The summed E-state index contributed by atoms with van der Waals surface area (Å²) in [7, 11) is 0. The zero-order chi connectivity index (χ0) is 20.3. The molecule has 7 nitrogen and oxygen atoms in total. The Morgan fingerprint density at radius 3 is 2.79 bits per heavy atom. The number of nitrogens with zero attached hydrogens (tertiary/aromatic N) is 2. The van der Waals surface area contributed by atoms with Crippen LogP contribution in [0.1, 0.15) is 25.3 Å². The van der Waals surface area contributed by atoms with Gasteiger partial charge in [0.2, 0.25) is 5.88 Å². The smallest absolute Gasteiger partial charge is 0.338 e. The Balaban J connectivity index is 2.18. The van der Waals surface area contributed by atoms with Crippen molar-refractivity contribution >= 4 is 27.6 Å². The molecule has 1 aromatic carbocycles. The lowest BCUT2D eigenvalue weighted by molar-refractivity contribution is -0.139. The maximum atomic E-state index is 12.7. The van der Waals surface area contributed by atoms with Crippen molar-refractivity contribution in [1.29, 1.82) is 5.26 Å². The van der Waals surface area contributed by atoms with E-state index < -0.39 is 11.9 Å². The number of nitriles is 1. The van der Waals surface area contributed by atoms with Gasteiger partial charge in [-0.1, -0.05) is 22.0 Å². The lowest BCUT2D eigenvalue weighted by Gasteiger charge is -2.34. The fourth-order valence-electron chi connectivity index (χ4n) is 3.50. The summed E-state index contributed by atoms with van der Waals surface area (Å²) in [5.41, 5.74) is 8.22. The first-order valence-corrected chi connectivity index (χ1v) is 9.84. The number of ether oxygens (including phenoxy) is 3. The van der Waals surface area contributed by atoms with Crippen molar-refractivity contribution in [3.05, 3.63) is 51.0 Å². The van der Waals surface area contributed by atoms with Crippen LogP contribution in [0.3, 0.4) is 0 Å². The number of hydrogen-bond acceptors (Lipinski definition) is 7. The molecule has 1 saturated heterocycles. The standard InChI is InChI=1S/C20H22BrN3O4/c1-3-27-20(25)17-12(2)28-19(23)15(11-22)18(17)14-5-4-13(21)10-16(14)24-6-8-26-9-7-24/h4-5,10,18H,3,6-9,23H2,1-2H3. The van der Waals surface area contributed by atoms with Crippen molar-refractivity contribution in [1.82, 2.24) is 0 Å². The van der Waals surface area contributed by atoms with E-state index in [1.54, 1.807) is 13.8 Å². The Labute approximate surface area is 172 Å². The van der Waals surface area contributed by atoms with Gasteiger partial charge in [0, 0.05) is 23.2 Å². The summed E-state index contributed by atoms with van der Waals surface area (Å²) in [6.07, 6.45) is 0. The molecule has 0 aromatic heterocycles. The highest BCUT2D eigenvalue weighted by atomic mass is 79.9. The SMILES string of the molecule is CCOC(=O)C1=C(C)OC(N)=C(C#N)C1c1ccc(Br)cc1N1CCOCC1. The minimum absolute atomic E-state index is 0.00824. The number of nitrogens with two attached hydrogens (primary N) is 1. The van der Waals surface area contributed by atoms with Crippen molar-refractivity contribution in [2.24, 2.45) is 5.73 Å². The Hall–Kier alpha value is -2.50. The molecule has 0 amide bonds. The number of carbonyl (C=O) groups excluding carboxylic acids is 1. The van der Waals surface area contributed by atoms with Crippen LogP contribution in [0.2, 0.25) is 0 Å². The maximum absolute atomic E-state index is 12.7. The highest BCUT2D eigenvalue weighted by molar-refractivity contribution is 9.10. The molecule has 2 heterocycles. The number of carbonyl (C=O) groups is 1. The topological polar surface area (TPSA) is 97.8 Å². The van der Waals surface area contributed by atoms with Gasteiger partial charge in [-0.15, -0.1) is 0 Å². The molecule has 2 aliphatic heterocycles.